The first-order valence-corrected chi connectivity index (χ1v) is 7.83. The largest absolute Gasteiger partial charge is 0.331 e. The zero-order valence-corrected chi connectivity index (χ0v) is 14.1. The smallest absolute Gasteiger partial charge is 0.191 e. The fraction of sp³-hybridized carbons (Fsp3) is 0.176. The zero-order chi connectivity index (χ0) is 15.9. The van der Waals surface area contributed by atoms with Gasteiger partial charge in [0.25, 0.3) is 0 Å². The number of thiocarbonyl (C=S) groups is 1. The second kappa shape index (κ2) is 7.92. The van der Waals surface area contributed by atoms with E-state index in [1.165, 1.54) is 5.56 Å². The third kappa shape index (κ3) is 4.83. The van der Waals surface area contributed by atoms with Gasteiger partial charge in [-0.15, -0.1) is 0 Å². The van der Waals surface area contributed by atoms with E-state index in [-0.39, 0.29) is 0 Å². The Morgan fingerprint density at radius 1 is 1.09 bits per heavy atom. The monoisotopic (exact) mass is 331 g/mol. The van der Waals surface area contributed by atoms with E-state index in [0.29, 0.717) is 10.1 Å². The number of benzene rings is 2. The Morgan fingerprint density at radius 2 is 1.73 bits per heavy atom. The standard InChI is InChI=1S/C17H18ClN3S/c1-3-16(13-6-4-12(2)5-7-13)20-21-17(22)19-15-10-8-14(18)9-11-15/h4-11H,3H2,1-2H3,(H2,19,21,22)/b20-16+. The molecule has 0 heterocycles. The number of hydrogen-bond acceptors (Lipinski definition) is 2. The molecule has 0 aliphatic heterocycles. The van der Waals surface area contributed by atoms with E-state index in [9.17, 15) is 0 Å². The van der Waals surface area contributed by atoms with Crippen LogP contribution in [0.1, 0.15) is 24.5 Å². The molecule has 0 aliphatic rings. The third-order valence-electron chi connectivity index (χ3n) is 3.11. The average molecular weight is 332 g/mol. The highest BCUT2D eigenvalue weighted by Gasteiger charge is 2.02. The van der Waals surface area contributed by atoms with Gasteiger partial charge in [-0.1, -0.05) is 48.4 Å². The van der Waals surface area contributed by atoms with Crippen LogP contribution in [0.5, 0.6) is 0 Å². The fourth-order valence-corrected chi connectivity index (χ4v) is 2.19. The van der Waals surface area contributed by atoms with Crippen LogP contribution in [0, 0.1) is 6.92 Å². The molecule has 2 aromatic carbocycles. The van der Waals surface area contributed by atoms with E-state index in [1.54, 1.807) is 12.1 Å². The van der Waals surface area contributed by atoms with Gasteiger partial charge >= 0.3 is 0 Å². The van der Waals surface area contributed by atoms with Crippen molar-refractivity contribution in [1.29, 1.82) is 0 Å². The molecule has 3 nitrogen and oxygen atoms in total. The first-order chi connectivity index (χ1) is 10.6. The van der Waals surface area contributed by atoms with Gasteiger partial charge in [-0.25, -0.2) is 0 Å². The molecule has 2 rings (SSSR count). The molecule has 0 aromatic heterocycles. The Balaban J connectivity index is 2.00. The number of hydrogen-bond donors (Lipinski definition) is 2. The molecule has 0 saturated heterocycles. The van der Waals surface area contributed by atoms with Crippen LogP contribution >= 0.6 is 23.8 Å². The van der Waals surface area contributed by atoms with Crippen LogP contribution in [0.15, 0.2) is 53.6 Å². The Kier molecular flexibility index (Phi) is 5.92. The Hall–Kier alpha value is -1.91. The predicted molar refractivity (Wildman–Crippen MR) is 98.8 cm³/mol. The molecule has 0 aliphatic carbocycles. The van der Waals surface area contributed by atoms with Crippen LogP contribution in [0.4, 0.5) is 5.69 Å². The number of nitrogens with one attached hydrogen (secondary N) is 2. The van der Waals surface area contributed by atoms with Gasteiger partial charge in [-0.05, 0) is 55.4 Å². The van der Waals surface area contributed by atoms with Gasteiger partial charge < -0.3 is 5.32 Å². The Labute approximate surface area is 141 Å². The van der Waals surface area contributed by atoms with Crippen LogP contribution < -0.4 is 10.7 Å². The van der Waals surface area contributed by atoms with Gasteiger partial charge in [0.15, 0.2) is 5.11 Å². The molecule has 0 unspecified atom stereocenters. The lowest BCUT2D eigenvalue weighted by Gasteiger charge is -2.09. The molecular weight excluding hydrogens is 314 g/mol. The van der Waals surface area contributed by atoms with Crippen molar-refractivity contribution in [3.63, 3.8) is 0 Å². The molecule has 2 aromatic rings. The maximum absolute atomic E-state index is 5.85. The summed E-state index contributed by atoms with van der Waals surface area (Å²) in [6, 6.07) is 15.6. The summed E-state index contributed by atoms with van der Waals surface area (Å²) in [6.45, 7) is 4.13. The van der Waals surface area contributed by atoms with Gasteiger partial charge in [0.1, 0.15) is 0 Å². The summed E-state index contributed by atoms with van der Waals surface area (Å²) in [6.07, 6.45) is 0.819. The van der Waals surface area contributed by atoms with Crippen LogP contribution in [0.3, 0.4) is 0 Å². The lowest BCUT2D eigenvalue weighted by atomic mass is 10.1. The molecule has 22 heavy (non-hydrogen) atoms. The lowest BCUT2D eigenvalue weighted by Crippen LogP contribution is -2.25. The number of halogens is 1. The molecule has 5 heteroatoms. The van der Waals surface area contributed by atoms with Crippen molar-refractivity contribution >= 4 is 40.3 Å². The fourth-order valence-electron chi connectivity index (χ4n) is 1.90. The van der Waals surface area contributed by atoms with Gasteiger partial charge in [0, 0.05) is 10.7 Å². The van der Waals surface area contributed by atoms with E-state index >= 15 is 0 Å². The minimum atomic E-state index is 0.445. The first-order valence-electron chi connectivity index (χ1n) is 7.04. The molecule has 0 bridgehead atoms. The maximum atomic E-state index is 5.85. The number of anilines is 1. The van der Waals surface area contributed by atoms with Crippen molar-refractivity contribution in [2.45, 2.75) is 20.3 Å². The molecule has 2 N–H and O–H groups in total. The second-order valence-corrected chi connectivity index (χ2v) is 5.70. The molecule has 0 saturated carbocycles. The van der Waals surface area contributed by atoms with Crippen molar-refractivity contribution in [3.8, 4) is 0 Å². The number of aryl methyl sites for hydroxylation is 1. The first kappa shape index (κ1) is 16.5. The highest BCUT2D eigenvalue weighted by atomic mass is 35.5. The SMILES string of the molecule is CC/C(=N\NC(=S)Nc1ccc(Cl)cc1)c1ccc(C)cc1. The summed E-state index contributed by atoms with van der Waals surface area (Å²) >= 11 is 11.1. The minimum absolute atomic E-state index is 0.445. The van der Waals surface area contributed by atoms with Gasteiger partial charge in [-0.3, -0.25) is 5.43 Å². The Morgan fingerprint density at radius 3 is 2.32 bits per heavy atom. The third-order valence-corrected chi connectivity index (χ3v) is 3.56. The average Bonchev–Trinajstić information content (AvgIpc) is 2.52. The molecule has 0 atom stereocenters. The quantitative estimate of drug-likeness (QED) is 0.482. The number of hydrazone groups is 1. The summed E-state index contributed by atoms with van der Waals surface area (Å²) < 4.78 is 0. The number of rotatable bonds is 4. The lowest BCUT2D eigenvalue weighted by molar-refractivity contribution is 1.02. The van der Waals surface area contributed by atoms with Gasteiger partial charge in [0.05, 0.1) is 5.71 Å². The van der Waals surface area contributed by atoms with Crippen molar-refractivity contribution < 1.29 is 0 Å². The summed E-state index contributed by atoms with van der Waals surface area (Å²) in [4.78, 5) is 0. The van der Waals surface area contributed by atoms with Gasteiger partial charge in [0.2, 0.25) is 0 Å². The van der Waals surface area contributed by atoms with Crippen molar-refractivity contribution in [2.75, 3.05) is 5.32 Å². The van der Waals surface area contributed by atoms with Gasteiger partial charge in [-0.2, -0.15) is 5.10 Å². The van der Waals surface area contributed by atoms with Crippen LogP contribution in [-0.2, 0) is 0 Å². The van der Waals surface area contributed by atoms with E-state index in [1.807, 2.05) is 12.1 Å². The van der Waals surface area contributed by atoms with Crippen LogP contribution in [0.25, 0.3) is 0 Å². The molecule has 114 valence electrons. The summed E-state index contributed by atoms with van der Waals surface area (Å²) in [5.41, 5.74) is 7.03. The van der Waals surface area contributed by atoms with Crippen molar-refractivity contribution in [1.82, 2.24) is 5.43 Å². The normalized spacial score (nSPS) is 11.1. The maximum Gasteiger partial charge on any atom is 0.191 e. The van der Waals surface area contributed by atoms with Crippen LogP contribution in [-0.4, -0.2) is 10.8 Å². The minimum Gasteiger partial charge on any atom is -0.331 e. The highest BCUT2D eigenvalue weighted by Crippen LogP contribution is 2.13. The summed E-state index contributed by atoms with van der Waals surface area (Å²) in [7, 11) is 0. The molecule has 0 fully saturated rings. The van der Waals surface area contributed by atoms with E-state index in [2.05, 4.69) is 54.0 Å². The van der Waals surface area contributed by atoms with E-state index in [0.717, 1.165) is 23.4 Å². The second-order valence-electron chi connectivity index (χ2n) is 4.85. The summed E-state index contributed by atoms with van der Waals surface area (Å²) in [5.74, 6) is 0. The van der Waals surface area contributed by atoms with Crippen molar-refractivity contribution in [2.24, 2.45) is 5.10 Å². The molecule has 0 radical (unpaired) electrons. The Bertz CT molecular complexity index is 663. The zero-order valence-electron chi connectivity index (χ0n) is 12.6. The summed E-state index contributed by atoms with van der Waals surface area (Å²) in [5, 5.41) is 8.59. The van der Waals surface area contributed by atoms with E-state index < -0.39 is 0 Å². The highest BCUT2D eigenvalue weighted by molar-refractivity contribution is 7.80. The van der Waals surface area contributed by atoms with E-state index in [4.69, 9.17) is 23.8 Å². The molecule has 0 amide bonds. The predicted octanol–water partition coefficient (Wildman–Crippen LogP) is 4.75. The number of nitrogens with zero attached hydrogens (tertiary/aromatic N) is 1. The molecule has 0 spiro atoms. The van der Waals surface area contributed by atoms with Crippen LogP contribution in [0.2, 0.25) is 5.02 Å². The van der Waals surface area contributed by atoms with Crippen molar-refractivity contribution in [3.05, 3.63) is 64.7 Å². The molecular formula is C17H18ClN3S. The topological polar surface area (TPSA) is 36.4 Å².